The Kier molecular flexibility index (Phi) is 7.07. The van der Waals surface area contributed by atoms with Crippen molar-refractivity contribution in [2.75, 3.05) is 31.6 Å². The van der Waals surface area contributed by atoms with E-state index >= 15 is 0 Å². The van der Waals surface area contributed by atoms with Gasteiger partial charge >= 0.3 is 0 Å². The maximum Gasteiger partial charge on any atom is 0.242 e. The summed E-state index contributed by atoms with van der Waals surface area (Å²) >= 11 is 12.7. The van der Waals surface area contributed by atoms with E-state index in [0.717, 1.165) is 36.9 Å². The van der Waals surface area contributed by atoms with Crippen LogP contribution >= 0.6 is 23.2 Å². The standard InChI is InChI=1S/C24H30Cl2N6O2/c1-14(23-18(25)11-27-12-19(23)26)34-16-4-5-20-17(9-16)24(30-29-20)15-3-6-21(28-10-15)32-8-7-31(2)13-22(32)33/h3,6,10-12,14,16-17,20,24,29-30H,4-5,7-9,13H2,1-2H3/t14-,16?,17?,20?,24?/m1/s1. The van der Waals surface area contributed by atoms with Crippen molar-refractivity contribution < 1.29 is 9.53 Å². The lowest BCUT2D eigenvalue weighted by atomic mass is 9.78. The number of hydrogen-bond acceptors (Lipinski definition) is 7. The number of carbonyl (C=O) groups is 1. The van der Waals surface area contributed by atoms with E-state index in [4.69, 9.17) is 27.9 Å². The normalized spacial score (nSPS) is 28.7. The van der Waals surface area contributed by atoms with Gasteiger partial charge in [0.2, 0.25) is 5.91 Å². The van der Waals surface area contributed by atoms with Gasteiger partial charge in [-0.3, -0.25) is 25.0 Å². The molecule has 2 aromatic heterocycles. The molecule has 1 aliphatic carbocycles. The van der Waals surface area contributed by atoms with Crippen LogP contribution in [0.3, 0.4) is 0 Å². The number of piperazine rings is 1. The molecular formula is C24H30Cl2N6O2. The average Bonchev–Trinajstić information content (AvgIpc) is 3.22. The molecule has 2 aromatic rings. The molecule has 3 aliphatic rings. The molecule has 1 amide bonds. The molecule has 1 saturated carbocycles. The first-order chi connectivity index (χ1) is 16.4. The summed E-state index contributed by atoms with van der Waals surface area (Å²) in [7, 11) is 1.96. The predicted molar refractivity (Wildman–Crippen MR) is 132 cm³/mol. The molecule has 0 spiro atoms. The first-order valence-corrected chi connectivity index (χ1v) is 12.6. The molecule has 2 aliphatic heterocycles. The number of rotatable bonds is 5. The minimum Gasteiger partial charge on any atom is -0.370 e. The van der Waals surface area contributed by atoms with Gasteiger partial charge in [0.05, 0.1) is 34.8 Å². The van der Waals surface area contributed by atoms with Crippen LogP contribution in [0, 0.1) is 5.92 Å². The first kappa shape index (κ1) is 23.9. The van der Waals surface area contributed by atoms with Crippen molar-refractivity contribution in [2.45, 2.75) is 50.5 Å². The van der Waals surface area contributed by atoms with Crippen LogP contribution in [0.4, 0.5) is 5.82 Å². The number of fused-ring (bicyclic) bond motifs is 1. The van der Waals surface area contributed by atoms with Gasteiger partial charge in [-0.25, -0.2) is 10.4 Å². The molecule has 8 nitrogen and oxygen atoms in total. The number of anilines is 1. The molecule has 182 valence electrons. The smallest absolute Gasteiger partial charge is 0.242 e. The Labute approximate surface area is 209 Å². The SMILES string of the molecule is C[C@@H](OC1CCC2NNC(c3ccc(N4CCN(C)CC4=O)nc3)C2C1)c1c(Cl)cncc1Cl. The molecule has 10 heteroatoms. The minimum absolute atomic E-state index is 0.0884. The average molecular weight is 505 g/mol. The third kappa shape index (κ3) is 4.80. The van der Waals surface area contributed by atoms with Crippen molar-refractivity contribution in [3.8, 4) is 0 Å². The van der Waals surface area contributed by atoms with Crippen molar-refractivity contribution in [1.29, 1.82) is 0 Å². The maximum atomic E-state index is 12.4. The highest BCUT2D eigenvalue weighted by Gasteiger charge is 2.42. The van der Waals surface area contributed by atoms with Crippen LogP contribution in [0.5, 0.6) is 0 Å². The zero-order valence-electron chi connectivity index (χ0n) is 19.4. The molecule has 0 bridgehead atoms. The fraction of sp³-hybridized carbons (Fsp3) is 0.542. The van der Waals surface area contributed by atoms with E-state index in [1.165, 1.54) is 0 Å². The summed E-state index contributed by atoms with van der Waals surface area (Å²) in [5.74, 6) is 1.17. The van der Waals surface area contributed by atoms with Crippen LogP contribution < -0.4 is 15.8 Å². The topological polar surface area (TPSA) is 82.6 Å². The number of aromatic nitrogens is 2. The van der Waals surface area contributed by atoms with Crippen LogP contribution in [0.15, 0.2) is 30.7 Å². The Balaban J connectivity index is 1.26. The zero-order chi connectivity index (χ0) is 23.8. The van der Waals surface area contributed by atoms with Gasteiger partial charge < -0.3 is 4.74 Å². The molecule has 5 rings (SSSR count). The van der Waals surface area contributed by atoms with Crippen molar-refractivity contribution in [3.63, 3.8) is 0 Å². The van der Waals surface area contributed by atoms with Crippen molar-refractivity contribution in [2.24, 2.45) is 5.92 Å². The molecule has 2 N–H and O–H groups in total. The summed E-state index contributed by atoms with van der Waals surface area (Å²) in [5, 5.41) is 1.06. The van der Waals surface area contributed by atoms with Gasteiger partial charge in [0, 0.05) is 43.3 Å². The molecule has 34 heavy (non-hydrogen) atoms. The summed E-state index contributed by atoms with van der Waals surface area (Å²) in [6.07, 6.45) is 7.90. The quantitative estimate of drug-likeness (QED) is 0.644. The number of likely N-dealkylation sites (N-methyl/N-ethyl adjacent to an activating group) is 1. The Bertz CT molecular complexity index is 1020. The number of ether oxygens (including phenoxy) is 1. The molecule has 2 saturated heterocycles. The second-order valence-corrected chi connectivity index (χ2v) is 10.3. The van der Waals surface area contributed by atoms with Crippen LogP contribution in [-0.2, 0) is 9.53 Å². The Morgan fingerprint density at radius 1 is 1.12 bits per heavy atom. The summed E-state index contributed by atoms with van der Waals surface area (Å²) in [4.78, 5) is 24.9. The van der Waals surface area contributed by atoms with E-state index in [0.29, 0.717) is 40.9 Å². The number of halogens is 2. The van der Waals surface area contributed by atoms with E-state index in [2.05, 4.69) is 26.9 Å². The number of hydrogen-bond donors (Lipinski definition) is 2. The van der Waals surface area contributed by atoms with Crippen LogP contribution in [0.25, 0.3) is 0 Å². The molecule has 3 fully saturated rings. The van der Waals surface area contributed by atoms with Crippen molar-refractivity contribution >= 4 is 34.9 Å². The fourth-order valence-electron chi connectivity index (χ4n) is 5.41. The van der Waals surface area contributed by atoms with Gasteiger partial charge in [-0.15, -0.1) is 0 Å². The Morgan fingerprint density at radius 2 is 1.91 bits per heavy atom. The molecular weight excluding hydrogens is 475 g/mol. The highest BCUT2D eigenvalue weighted by atomic mass is 35.5. The maximum absolute atomic E-state index is 12.4. The predicted octanol–water partition coefficient (Wildman–Crippen LogP) is 3.53. The monoisotopic (exact) mass is 504 g/mol. The second-order valence-electron chi connectivity index (χ2n) is 9.50. The number of nitrogens with zero attached hydrogens (tertiary/aromatic N) is 4. The largest absolute Gasteiger partial charge is 0.370 e. The highest BCUT2D eigenvalue weighted by Crippen LogP contribution is 2.41. The molecule has 0 aromatic carbocycles. The zero-order valence-corrected chi connectivity index (χ0v) is 20.9. The Morgan fingerprint density at radius 3 is 2.62 bits per heavy atom. The molecule has 4 unspecified atom stereocenters. The van der Waals surface area contributed by atoms with Gasteiger partial charge in [-0.2, -0.15) is 0 Å². The third-order valence-corrected chi connectivity index (χ3v) is 7.82. The molecule has 5 atom stereocenters. The van der Waals surface area contributed by atoms with Crippen molar-refractivity contribution in [3.05, 3.63) is 51.9 Å². The van der Waals surface area contributed by atoms with E-state index in [1.807, 2.05) is 31.1 Å². The molecule has 0 radical (unpaired) electrons. The lowest BCUT2D eigenvalue weighted by Gasteiger charge is -2.35. The van der Waals surface area contributed by atoms with E-state index in [-0.39, 0.29) is 24.2 Å². The summed E-state index contributed by atoms with van der Waals surface area (Å²) in [6, 6.07) is 4.55. The third-order valence-electron chi connectivity index (χ3n) is 7.22. The second kappa shape index (κ2) is 10.0. The van der Waals surface area contributed by atoms with E-state index in [1.54, 1.807) is 17.3 Å². The van der Waals surface area contributed by atoms with Gasteiger partial charge in [0.25, 0.3) is 0 Å². The summed E-state index contributed by atoms with van der Waals surface area (Å²) in [6.45, 7) is 3.93. The van der Waals surface area contributed by atoms with Gasteiger partial charge in [0.1, 0.15) is 5.82 Å². The number of amides is 1. The lowest BCUT2D eigenvalue weighted by Crippen LogP contribution is -2.49. The fourth-order valence-corrected chi connectivity index (χ4v) is 6.08. The number of hydrazine groups is 1. The Hall–Kier alpha value is -1.81. The van der Waals surface area contributed by atoms with Crippen LogP contribution in [0.2, 0.25) is 10.0 Å². The van der Waals surface area contributed by atoms with Crippen molar-refractivity contribution in [1.82, 2.24) is 25.7 Å². The minimum atomic E-state index is -0.215. The van der Waals surface area contributed by atoms with Gasteiger partial charge in [-0.05, 0) is 50.8 Å². The van der Waals surface area contributed by atoms with E-state index < -0.39 is 0 Å². The van der Waals surface area contributed by atoms with Crippen LogP contribution in [0.1, 0.15) is 49.5 Å². The number of carbonyl (C=O) groups excluding carboxylic acids is 1. The highest BCUT2D eigenvalue weighted by molar-refractivity contribution is 6.35. The molecule has 4 heterocycles. The van der Waals surface area contributed by atoms with Gasteiger partial charge in [-0.1, -0.05) is 29.3 Å². The first-order valence-electron chi connectivity index (χ1n) is 11.8. The van der Waals surface area contributed by atoms with E-state index in [9.17, 15) is 4.79 Å². The number of nitrogens with one attached hydrogen (secondary N) is 2. The number of pyridine rings is 2. The summed E-state index contributed by atoms with van der Waals surface area (Å²) in [5.41, 5.74) is 8.84. The van der Waals surface area contributed by atoms with Gasteiger partial charge in [0.15, 0.2) is 0 Å². The summed E-state index contributed by atoms with van der Waals surface area (Å²) < 4.78 is 6.43. The van der Waals surface area contributed by atoms with Crippen LogP contribution in [-0.4, -0.2) is 59.6 Å². The lowest BCUT2D eigenvalue weighted by molar-refractivity contribution is -0.120.